The van der Waals surface area contributed by atoms with Gasteiger partial charge < -0.3 is 14.6 Å². The van der Waals surface area contributed by atoms with Gasteiger partial charge in [-0.15, -0.1) is 0 Å². The second-order valence-electron chi connectivity index (χ2n) is 7.23. The smallest absolute Gasteiger partial charge is 0.443 e. The summed E-state index contributed by atoms with van der Waals surface area (Å²) in [6.07, 6.45) is -13.5. The number of hydrogen-bond acceptors (Lipinski definition) is 4. The van der Waals surface area contributed by atoms with Crippen molar-refractivity contribution in [1.82, 2.24) is 0 Å². The van der Waals surface area contributed by atoms with Crippen molar-refractivity contribution in [1.29, 1.82) is 0 Å². The molecule has 2 unspecified atom stereocenters. The monoisotopic (exact) mass is 486 g/mol. The summed E-state index contributed by atoms with van der Waals surface area (Å²) >= 11 is 0. The summed E-state index contributed by atoms with van der Waals surface area (Å²) in [6.45, 7) is -3.01. The van der Waals surface area contributed by atoms with Gasteiger partial charge >= 0.3 is 41.9 Å². The normalized spacial score (nSPS) is 31.0. The van der Waals surface area contributed by atoms with Crippen molar-refractivity contribution in [2.45, 2.75) is 73.6 Å². The van der Waals surface area contributed by atoms with Crippen molar-refractivity contribution < 1.29 is 72.1 Å². The first kappa shape index (κ1) is 25.8. The van der Waals surface area contributed by atoms with Crippen LogP contribution in [-0.2, 0) is 14.3 Å². The fourth-order valence-electron chi connectivity index (χ4n) is 3.39. The Labute approximate surface area is 165 Å². The number of hydrogen-bond donors (Lipinski definition) is 1. The lowest BCUT2D eigenvalue weighted by molar-refractivity contribution is -0.436. The van der Waals surface area contributed by atoms with Crippen LogP contribution in [-0.4, -0.2) is 59.2 Å². The van der Waals surface area contributed by atoms with Crippen LogP contribution in [0.2, 0.25) is 0 Å². The van der Waals surface area contributed by atoms with Crippen molar-refractivity contribution in [2.24, 2.45) is 5.92 Å². The number of carbonyl (C=O) groups is 1. The highest BCUT2D eigenvalue weighted by Gasteiger charge is 2.95. The zero-order valence-corrected chi connectivity index (χ0v) is 15.0. The lowest BCUT2D eigenvalue weighted by Gasteiger charge is -2.44. The molecule has 1 N–H and O–H groups in total. The Hall–Kier alpha value is -1.45. The summed E-state index contributed by atoms with van der Waals surface area (Å²) in [4.78, 5) is 12.1. The summed E-state index contributed by atoms with van der Waals surface area (Å²) in [5.41, 5.74) is -5.84. The summed E-state index contributed by atoms with van der Waals surface area (Å²) in [6, 6.07) is 0. The van der Waals surface area contributed by atoms with E-state index in [-0.39, 0.29) is 25.7 Å². The summed E-state index contributed by atoms with van der Waals surface area (Å²) in [5, 5.41) is 9.20. The van der Waals surface area contributed by atoms with E-state index in [1.54, 1.807) is 0 Å². The molecule has 0 bridgehead atoms. The predicted octanol–water partition coefficient (Wildman–Crippen LogP) is 4.60. The third kappa shape index (κ3) is 3.43. The van der Waals surface area contributed by atoms with E-state index in [1.807, 2.05) is 0 Å². The number of halogens is 12. The van der Waals surface area contributed by atoms with Gasteiger partial charge in [-0.05, 0) is 12.8 Å². The standard InChI is InChI=1S/C15H14F12O4/c16-10(17,12(20,21)14(22,23)24)9(31-8(28)7-4-2-1-3-5-7)6-30-13(29,11(9,18)19)15(25,26)27/h7,29H,1-6H2. The average molecular weight is 486 g/mol. The number of rotatable bonds is 4. The molecule has 1 saturated carbocycles. The molecule has 1 aliphatic carbocycles. The van der Waals surface area contributed by atoms with Crippen LogP contribution in [0.1, 0.15) is 32.1 Å². The van der Waals surface area contributed by atoms with E-state index in [9.17, 15) is 62.6 Å². The van der Waals surface area contributed by atoms with Crippen molar-refractivity contribution in [3.05, 3.63) is 0 Å². The Morgan fingerprint density at radius 3 is 1.77 bits per heavy atom. The van der Waals surface area contributed by atoms with Crippen LogP contribution in [0.4, 0.5) is 52.7 Å². The molecule has 0 spiro atoms. The molecule has 182 valence electrons. The maximum atomic E-state index is 14.6. The number of ether oxygens (including phenoxy) is 2. The molecule has 4 nitrogen and oxygen atoms in total. The maximum absolute atomic E-state index is 14.6. The van der Waals surface area contributed by atoms with Gasteiger partial charge in [0.25, 0.3) is 5.60 Å². The van der Waals surface area contributed by atoms with Crippen molar-refractivity contribution in [3.8, 4) is 0 Å². The first-order valence-corrected chi connectivity index (χ1v) is 8.56. The van der Waals surface area contributed by atoms with E-state index in [4.69, 9.17) is 0 Å². The van der Waals surface area contributed by atoms with Crippen LogP contribution < -0.4 is 0 Å². The van der Waals surface area contributed by atoms with Gasteiger partial charge in [0.1, 0.15) is 6.61 Å². The number of aliphatic hydroxyl groups is 1. The Kier molecular flexibility index (Phi) is 6.06. The third-order valence-corrected chi connectivity index (χ3v) is 5.27. The largest absolute Gasteiger partial charge is 0.460 e. The van der Waals surface area contributed by atoms with E-state index in [2.05, 4.69) is 9.47 Å². The van der Waals surface area contributed by atoms with Gasteiger partial charge in [0, 0.05) is 0 Å². The molecule has 0 aromatic carbocycles. The molecule has 16 heteroatoms. The molecule has 2 rings (SSSR count). The molecule has 2 aliphatic rings. The Morgan fingerprint density at radius 2 is 1.39 bits per heavy atom. The van der Waals surface area contributed by atoms with E-state index in [1.165, 1.54) is 0 Å². The first-order valence-electron chi connectivity index (χ1n) is 8.56. The average Bonchev–Trinajstić information content (AvgIpc) is 2.83. The van der Waals surface area contributed by atoms with Crippen molar-refractivity contribution >= 4 is 5.97 Å². The Bertz CT molecular complexity index is 697. The Morgan fingerprint density at radius 1 is 0.903 bits per heavy atom. The minimum Gasteiger partial charge on any atom is -0.443 e. The highest BCUT2D eigenvalue weighted by Crippen LogP contribution is 2.64. The van der Waals surface area contributed by atoms with Gasteiger partial charge in [-0.3, -0.25) is 4.79 Å². The lowest BCUT2D eigenvalue weighted by Crippen LogP contribution is -2.75. The van der Waals surface area contributed by atoms with Gasteiger partial charge in [0.15, 0.2) is 0 Å². The highest BCUT2D eigenvalue weighted by atomic mass is 19.4. The molecule has 2 atom stereocenters. The molecular formula is C15H14F12O4. The fraction of sp³-hybridized carbons (Fsp3) is 0.933. The molecule has 0 aromatic heterocycles. The predicted molar refractivity (Wildman–Crippen MR) is 73.3 cm³/mol. The van der Waals surface area contributed by atoms with Crippen LogP contribution in [0.3, 0.4) is 0 Å². The fourth-order valence-corrected chi connectivity index (χ4v) is 3.39. The highest BCUT2D eigenvalue weighted by molar-refractivity contribution is 5.73. The van der Waals surface area contributed by atoms with E-state index >= 15 is 0 Å². The zero-order chi connectivity index (χ0) is 24.3. The van der Waals surface area contributed by atoms with Gasteiger partial charge in [0.2, 0.25) is 0 Å². The molecule has 0 amide bonds. The molecule has 1 saturated heterocycles. The first-order chi connectivity index (χ1) is 13.7. The van der Waals surface area contributed by atoms with Crippen LogP contribution in [0, 0.1) is 5.92 Å². The Balaban J connectivity index is 2.68. The molecule has 2 fully saturated rings. The molecule has 0 aromatic rings. The zero-order valence-electron chi connectivity index (χ0n) is 15.0. The number of alkyl halides is 12. The maximum Gasteiger partial charge on any atom is 0.460 e. The van der Waals surface area contributed by atoms with Crippen molar-refractivity contribution in [3.63, 3.8) is 0 Å². The van der Waals surface area contributed by atoms with Crippen LogP contribution in [0.25, 0.3) is 0 Å². The SMILES string of the molecule is O=C(OC1(C(F)(F)C(F)(F)C(F)(F)F)COC(O)(C(F)(F)F)C1(F)F)C1CCCCC1. The lowest BCUT2D eigenvalue weighted by atomic mass is 9.82. The van der Waals surface area contributed by atoms with Crippen LogP contribution >= 0.6 is 0 Å². The summed E-state index contributed by atoms with van der Waals surface area (Å²) in [5.74, 6) is -30.9. The van der Waals surface area contributed by atoms with Gasteiger partial charge in [-0.25, -0.2) is 0 Å². The molecule has 1 heterocycles. The van der Waals surface area contributed by atoms with Gasteiger partial charge in [-0.2, -0.15) is 52.7 Å². The molecule has 31 heavy (non-hydrogen) atoms. The second-order valence-corrected chi connectivity index (χ2v) is 7.23. The topological polar surface area (TPSA) is 55.8 Å². The van der Waals surface area contributed by atoms with E-state index < -0.39 is 60.0 Å². The number of esters is 1. The molecular weight excluding hydrogens is 472 g/mol. The van der Waals surface area contributed by atoms with Crippen molar-refractivity contribution in [2.75, 3.05) is 6.61 Å². The van der Waals surface area contributed by atoms with Crippen LogP contribution in [0.5, 0.6) is 0 Å². The molecule has 1 aliphatic heterocycles. The van der Waals surface area contributed by atoms with E-state index in [0.717, 1.165) is 0 Å². The quantitative estimate of drug-likeness (QED) is 0.467. The number of carbonyl (C=O) groups excluding carboxylic acids is 1. The van der Waals surface area contributed by atoms with E-state index in [0.29, 0.717) is 6.42 Å². The summed E-state index contributed by atoms with van der Waals surface area (Å²) in [7, 11) is 0. The summed E-state index contributed by atoms with van der Waals surface area (Å²) < 4.78 is 169. The molecule has 0 radical (unpaired) electrons. The minimum absolute atomic E-state index is 0.196. The van der Waals surface area contributed by atoms with Crippen LogP contribution in [0.15, 0.2) is 0 Å². The minimum atomic E-state index is -7.41. The van der Waals surface area contributed by atoms with Gasteiger partial charge in [0.05, 0.1) is 5.92 Å². The second kappa shape index (κ2) is 7.28. The van der Waals surface area contributed by atoms with Gasteiger partial charge in [-0.1, -0.05) is 19.3 Å². The third-order valence-electron chi connectivity index (χ3n) is 5.27.